The highest BCUT2D eigenvalue weighted by Gasteiger charge is 2.19. The standard InChI is InChI=1S/C73H122O6/c1-4-7-10-13-16-19-22-25-27-29-31-33-35-36-38-39-41-43-45-48-51-54-57-60-63-66-72(75)78-69-70(68-77-71(74)65-62-59-56-53-50-47-24-21-18-15-12-9-6-3)79-73(76)67-64-61-58-55-52-49-46-44-42-40-37-34-32-30-28-26-23-20-17-14-11-8-5-2/h8,11-12,15,17,20-21,24,26,28-29,31-32,34,40,42,46,49,55,58,70H,4-7,9-10,13-14,16,18-19,22-23,25,27,30,33,35-39,41,43-45,47-48,50-54,56-57,59-69H2,1-3H3/b11-8-,15-12-,20-17-,24-21-,28-26-,31-29-,34-32-,42-40-,49-46-,58-55-. The van der Waals surface area contributed by atoms with Crippen molar-refractivity contribution >= 4 is 17.9 Å². The van der Waals surface area contributed by atoms with E-state index in [4.69, 9.17) is 14.2 Å². The van der Waals surface area contributed by atoms with Gasteiger partial charge in [-0.15, -0.1) is 0 Å². The van der Waals surface area contributed by atoms with Gasteiger partial charge in [-0.2, -0.15) is 0 Å². The van der Waals surface area contributed by atoms with Crippen LogP contribution in [0.25, 0.3) is 0 Å². The Kier molecular flexibility index (Phi) is 62.8. The second-order valence-corrected chi connectivity index (χ2v) is 21.6. The quantitative estimate of drug-likeness (QED) is 0.0261. The van der Waals surface area contributed by atoms with Crippen LogP contribution in [-0.2, 0) is 28.6 Å². The lowest BCUT2D eigenvalue weighted by atomic mass is 10.0. The highest BCUT2D eigenvalue weighted by atomic mass is 16.6. The highest BCUT2D eigenvalue weighted by molar-refractivity contribution is 5.71. The van der Waals surface area contributed by atoms with Gasteiger partial charge >= 0.3 is 17.9 Å². The Labute approximate surface area is 488 Å². The maximum Gasteiger partial charge on any atom is 0.306 e. The minimum atomic E-state index is -0.819. The Bertz CT molecular complexity index is 1640. The van der Waals surface area contributed by atoms with Crippen molar-refractivity contribution in [1.29, 1.82) is 0 Å². The van der Waals surface area contributed by atoms with E-state index in [1.807, 2.05) is 0 Å². The first-order valence-electron chi connectivity index (χ1n) is 33.0. The van der Waals surface area contributed by atoms with E-state index < -0.39 is 6.10 Å². The molecule has 0 rings (SSSR count). The van der Waals surface area contributed by atoms with Gasteiger partial charge in [-0.05, 0) is 122 Å². The maximum absolute atomic E-state index is 12.9. The van der Waals surface area contributed by atoms with Crippen molar-refractivity contribution in [3.05, 3.63) is 122 Å². The summed E-state index contributed by atoms with van der Waals surface area (Å²) in [6.45, 7) is 6.42. The van der Waals surface area contributed by atoms with E-state index in [0.717, 1.165) is 122 Å². The Morgan fingerprint density at radius 2 is 0.532 bits per heavy atom. The molecule has 0 fully saturated rings. The van der Waals surface area contributed by atoms with Gasteiger partial charge in [-0.1, -0.05) is 284 Å². The molecule has 0 aliphatic carbocycles. The molecule has 0 aromatic rings. The number of hydrogen-bond donors (Lipinski definition) is 0. The van der Waals surface area contributed by atoms with Gasteiger partial charge in [0.25, 0.3) is 0 Å². The number of allylic oxidation sites excluding steroid dienone is 20. The van der Waals surface area contributed by atoms with E-state index in [0.29, 0.717) is 19.3 Å². The molecule has 0 heterocycles. The molecule has 0 aliphatic heterocycles. The van der Waals surface area contributed by atoms with E-state index in [1.165, 1.54) is 135 Å². The van der Waals surface area contributed by atoms with Gasteiger partial charge in [-0.3, -0.25) is 14.4 Å². The fraction of sp³-hybridized carbons (Fsp3) is 0.685. The topological polar surface area (TPSA) is 78.9 Å². The Morgan fingerprint density at radius 3 is 0.873 bits per heavy atom. The first-order valence-corrected chi connectivity index (χ1v) is 33.0. The molecule has 0 bridgehead atoms. The van der Waals surface area contributed by atoms with Crippen LogP contribution in [0.2, 0.25) is 0 Å². The van der Waals surface area contributed by atoms with Gasteiger partial charge in [0, 0.05) is 19.3 Å². The third kappa shape index (κ3) is 64.5. The molecule has 6 heteroatoms. The molecular formula is C73H122O6. The molecule has 0 saturated carbocycles. The predicted octanol–water partition coefficient (Wildman–Crippen LogP) is 22.8. The second kappa shape index (κ2) is 66.3. The van der Waals surface area contributed by atoms with Crippen LogP contribution in [0.15, 0.2) is 122 Å². The molecular weight excluding hydrogens is 973 g/mol. The highest BCUT2D eigenvalue weighted by Crippen LogP contribution is 2.16. The van der Waals surface area contributed by atoms with Crippen LogP contribution >= 0.6 is 0 Å². The van der Waals surface area contributed by atoms with Crippen molar-refractivity contribution in [2.45, 2.75) is 309 Å². The van der Waals surface area contributed by atoms with Crippen LogP contribution in [0.1, 0.15) is 303 Å². The summed E-state index contributed by atoms with van der Waals surface area (Å²) in [5, 5.41) is 0. The smallest absolute Gasteiger partial charge is 0.306 e. The van der Waals surface area contributed by atoms with Crippen molar-refractivity contribution in [1.82, 2.24) is 0 Å². The normalized spacial score (nSPS) is 12.9. The first-order chi connectivity index (χ1) is 39.0. The van der Waals surface area contributed by atoms with Gasteiger partial charge in [0.2, 0.25) is 0 Å². The fourth-order valence-electron chi connectivity index (χ4n) is 9.00. The number of carbonyl (C=O) groups excluding carboxylic acids is 3. The molecule has 79 heavy (non-hydrogen) atoms. The first kappa shape index (κ1) is 74.8. The lowest BCUT2D eigenvalue weighted by Gasteiger charge is -2.18. The molecule has 0 N–H and O–H groups in total. The summed E-state index contributed by atoms with van der Waals surface area (Å²) in [7, 11) is 0. The lowest BCUT2D eigenvalue weighted by Crippen LogP contribution is -2.30. The van der Waals surface area contributed by atoms with Crippen LogP contribution in [0.4, 0.5) is 0 Å². The lowest BCUT2D eigenvalue weighted by molar-refractivity contribution is -0.167. The number of rotatable bonds is 59. The van der Waals surface area contributed by atoms with E-state index >= 15 is 0 Å². The summed E-state index contributed by atoms with van der Waals surface area (Å²) in [5.74, 6) is -0.977. The molecule has 1 unspecified atom stereocenters. The summed E-state index contributed by atoms with van der Waals surface area (Å²) >= 11 is 0. The van der Waals surface area contributed by atoms with Crippen LogP contribution in [0, 0.1) is 0 Å². The van der Waals surface area contributed by atoms with Gasteiger partial charge in [0.05, 0.1) is 0 Å². The van der Waals surface area contributed by atoms with Gasteiger partial charge < -0.3 is 14.2 Å². The zero-order valence-electron chi connectivity index (χ0n) is 51.6. The predicted molar refractivity (Wildman–Crippen MR) is 343 cm³/mol. The van der Waals surface area contributed by atoms with Crippen molar-refractivity contribution in [2.24, 2.45) is 0 Å². The zero-order chi connectivity index (χ0) is 57.1. The van der Waals surface area contributed by atoms with Crippen molar-refractivity contribution < 1.29 is 28.6 Å². The van der Waals surface area contributed by atoms with Crippen molar-refractivity contribution in [2.75, 3.05) is 13.2 Å². The number of unbranched alkanes of at least 4 members (excludes halogenated alkanes) is 28. The Hall–Kier alpha value is -4.19. The fourth-order valence-corrected chi connectivity index (χ4v) is 9.00. The summed E-state index contributed by atoms with van der Waals surface area (Å²) in [6, 6.07) is 0. The van der Waals surface area contributed by atoms with Gasteiger partial charge in [-0.25, -0.2) is 0 Å². The molecule has 1 atom stereocenters. The molecule has 0 spiro atoms. The molecule has 6 nitrogen and oxygen atoms in total. The van der Waals surface area contributed by atoms with Crippen LogP contribution in [-0.4, -0.2) is 37.2 Å². The van der Waals surface area contributed by atoms with Crippen molar-refractivity contribution in [3.8, 4) is 0 Å². The average Bonchev–Trinajstić information content (AvgIpc) is 3.45. The summed E-state index contributed by atoms with van der Waals surface area (Å²) in [6.07, 6.45) is 92.2. The minimum Gasteiger partial charge on any atom is -0.462 e. The van der Waals surface area contributed by atoms with Crippen molar-refractivity contribution in [3.63, 3.8) is 0 Å². The monoisotopic (exact) mass is 1090 g/mol. The second-order valence-electron chi connectivity index (χ2n) is 21.6. The van der Waals surface area contributed by atoms with E-state index in [2.05, 4.69) is 142 Å². The number of hydrogen-bond acceptors (Lipinski definition) is 6. The summed E-state index contributed by atoms with van der Waals surface area (Å²) < 4.78 is 16.9. The molecule has 0 radical (unpaired) electrons. The summed E-state index contributed by atoms with van der Waals surface area (Å²) in [5.41, 5.74) is 0. The molecule has 0 amide bonds. The molecule has 0 aromatic carbocycles. The van der Waals surface area contributed by atoms with E-state index in [9.17, 15) is 14.4 Å². The van der Waals surface area contributed by atoms with Gasteiger partial charge in [0.15, 0.2) is 6.10 Å². The zero-order valence-corrected chi connectivity index (χ0v) is 51.6. The maximum atomic E-state index is 12.9. The largest absolute Gasteiger partial charge is 0.462 e. The SMILES string of the molecule is CC/C=C\C/C=C\C/C=C\C/C=C\C/C=C\C/C=C\C/C=C\CCCC(=O)OC(COC(=O)CCCCCCC/C=C\C/C=C\CCC)COC(=O)CCCCCCCCCCCCCCC/C=C\CCCCCCCCCC. The van der Waals surface area contributed by atoms with E-state index in [1.54, 1.807) is 0 Å². The van der Waals surface area contributed by atoms with Crippen LogP contribution < -0.4 is 0 Å². The van der Waals surface area contributed by atoms with Gasteiger partial charge in [0.1, 0.15) is 13.2 Å². The minimum absolute atomic E-state index is 0.107. The Balaban J connectivity index is 4.41. The Morgan fingerprint density at radius 1 is 0.266 bits per heavy atom. The number of ether oxygens (including phenoxy) is 3. The summed E-state index contributed by atoms with van der Waals surface area (Å²) in [4.78, 5) is 38.3. The average molecular weight is 1100 g/mol. The number of carbonyl (C=O) groups is 3. The molecule has 0 aliphatic rings. The molecule has 450 valence electrons. The number of esters is 3. The molecule has 0 saturated heterocycles. The van der Waals surface area contributed by atoms with Crippen LogP contribution in [0.5, 0.6) is 0 Å². The third-order valence-corrected chi connectivity index (χ3v) is 13.9. The van der Waals surface area contributed by atoms with Crippen LogP contribution in [0.3, 0.4) is 0 Å². The van der Waals surface area contributed by atoms with E-state index in [-0.39, 0.29) is 37.5 Å². The molecule has 0 aromatic heterocycles. The third-order valence-electron chi connectivity index (χ3n) is 13.9.